The topological polar surface area (TPSA) is 85.0 Å². The van der Waals surface area contributed by atoms with Crippen molar-refractivity contribution in [2.75, 3.05) is 26.3 Å². The van der Waals surface area contributed by atoms with Gasteiger partial charge in [0.05, 0.1) is 16.7 Å². The van der Waals surface area contributed by atoms with Gasteiger partial charge in [0, 0.05) is 26.2 Å². The number of nitrogens with zero attached hydrogens (tertiary/aromatic N) is 1. The van der Waals surface area contributed by atoms with Gasteiger partial charge in [-0.3, -0.25) is 9.69 Å². The summed E-state index contributed by atoms with van der Waals surface area (Å²) in [5, 5.41) is 10.8. The lowest BCUT2D eigenvalue weighted by Crippen LogP contribution is -2.55. The lowest BCUT2D eigenvalue weighted by Gasteiger charge is -2.46. The summed E-state index contributed by atoms with van der Waals surface area (Å²) in [6, 6.07) is 5.56. The molecule has 7 heteroatoms. The van der Waals surface area contributed by atoms with Gasteiger partial charge in [0.15, 0.2) is 6.61 Å². The standard InChI is InChI=1S/C18H25ClN2O4/c19-14-10-13(3-4-15(14)24-12-17(20)23)11-21-7-5-18(6-8-21)16(22)2-1-9-25-18/h3-4,10,16,22H,1-2,5-9,11-12H2,(H2,20,23)/t16-/m0/s1. The largest absolute Gasteiger partial charge is 0.482 e. The van der Waals surface area contributed by atoms with E-state index < -0.39 is 5.91 Å². The molecule has 1 amide bonds. The Balaban J connectivity index is 1.55. The van der Waals surface area contributed by atoms with Crippen LogP contribution in [0.3, 0.4) is 0 Å². The van der Waals surface area contributed by atoms with Crippen LogP contribution in [0.2, 0.25) is 5.02 Å². The van der Waals surface area contributed by atoms with Crippen molar-refractivity contribution >= 4 is 17.5 Å². The van der Waals surface area contributed by atoms with Crippen LogP contribution in [0.15, 0.2) is 18.2 Å². The van der Waals surface area contributed by atoms with E-state index in [1.165, 1.54) is 0 Å². The number of ether oxygens (including phenoxy) is 2. The van der Waals surface area contributed by atoms with E-state index in [1.807, 2.05) is 12.1 Å². The van der Waals surface area contributed by atoms with Crippen molar-refractivity contribution in [1.82, 2.24) is 4.90 Å². The molecular formula is C18H25ClN2O4. The molecule has 2 heterocycles. The quantitative estimate of drug-likeness (QED) is 0.826. The number of carbonyl (C=O) groups excluding carboxylic acids is 1. The number of benzene rings is 1. The van der Waals surface area contributed by atoms with Crippen LogP contribution in [0, 0.1) is 0 Å². The summed E-state index contributed by atoms with van der Waals surface area (Å²) in [6.45, 7) is 3.11. The fourth-order valence-corrected chi connectivity index (χ4v) is 3.90. The molecule has 1 atom stereocenters. The Morgan fingerprint density at radius 2 is 2.20 bits per heavy atom. The van der Waals surface area contributed by atoms with Crippen LogP contribution in [0.4, 0.5) is 0 Å². The highest BCUT2D eigenvalue weighted by Crippen LogP contribution is 2.36. The Kier molecular flexibility index (Phi) is 5.84. The smallest absolute Gasteiger partial charge is 0.255 e. The summed E-state index contributed by atoms with van der Waals surface area (Å²) >= 11 is 6.22. The van der Waals surface area contributed by atoms with E-state index in [0.717, 1.165) is 57.5 Å². The third-order valence-corrected chi connectivity index (χ3v) is 5.39. The van der Waals surface area contributed by atoms with Gasteiger partial charge in [-0.2, -0.15) is 0 Å². The van der Waals surface area contributed by atoms with Crippen LogP contribution in [0.25, 0.3) is 0 Å². The van der Waals surface area contributed by atoms with E-state index >= 15 is 0 Å². The molecular weight excluding hydrogens is 344 g/mol. The molecule has 0 unspecified atom stereocenters. The molecule has 25 heavy (non-hydrogen) atoms. The fourth-order valence-electron chi connectivity index (χ4n) is 3.65. The van der Waals surface area contributed by atoms with E-state index in [2.05, 4.69) is 4.90 Å². The summed E-state index contributed by atoms with van der Waals surface area (Å²) in [5.41, 5.74) is 5.80. The Morgan fingerprint density at radius 3 is 2.84 bits per heavy atom. The molecule has 2 saturated heterocycles. The predicted molar refractivity (Wildman–Crippen MR) is 94.6 cm³/mol. The van der Waals surface area contributed by atoms with Crippen LogP contribution in [0.1, 0.15) is 31.2 Å². The predicted octanol–water partition coefficient (Wildman–Crippen LogP) is 1.71. The minimum absolute atomic E-state index is 0.185. The highest BCUT2D eigenvalue weighted by molar-refractivity contribution is 6.32. The number of aliphatic hydroxyl groups is 1. The third kappa shape index (κ3) is 4.44. The van der Waals surface area contributed by atoms with Gasteiger partial charge in [0.2, 0.25) is 0 Å². The molecule has 0 radical (unpaired) electrons. The molecule has 6 nitrogen and oxygen atoms in total. The van der Waals surface area contributed by atoms with E-state index in [-0.39, 0.29) is 18.3 Å². The van der Waals surface area contributed by atoms with Crippen LogP contribution in [0.5, 0.6) is 5.75 Å². The van der Waals surface area contributed by atoms with Crippen molar-refractivity contribution in [3.63, 3.8) is 0 Å². The lowest BCUT2D eigenvalue weighted by molar-refractivity contribution is -0.177. The van der Waals surface area contributed by atoms with E-state index in [0.29, 0.717) is 10.8 Å². The van der Waals surface area contributed by atoms with Crippen molar-refractivity contribution in [3.8, 4) is 5.75 Å². The minimum atomic E-state index is -0.533. The van der Waals surface area contributed by atoms with Gasteiger partial charge >= 0.3 is 0 Å². The van der Waals surface area contributed by atoms with Gasteiger partial charge in [0.1, 0.15) is 5.75 Å². The van der Waals surface area contributed by atoms with Crippen LogP contribution >= 0.6 is 11.6 Å². The van der Waals surface area contributed by atoms with Crippen molar-refractivity contribution < 1.29 is 19.4 Å². The zero-order chi connectivity index (χ0) is 17.9. The first-order valence-corrected chi connectivity index (χ1v) is 9.10. The van der Waals surface area contributed by atoms with Crippen molar-refractivity contribution in [1.29, 1.82) is 0 Å². The van der Waals surface area contributed by atoms with Gasteiger partial charge in [0.25, 0.3) is 5.91 Å². The molecule has 1 spiro atoms. The van der Waals surface area contributed by atoms with Crippen molar-refractivity contribution in [2.45, 2.75) is 43.9 Å². The maximum atomic E-state index is 10.8. The molecule has 0 saturated carbocycles. The number of halogens is 1. The number of amides is 1. The first-order chi connectivity index (χ1) is 12.0. The monoisotopic (exact) mass is 368 g/mol. The average molecular weight is 369 g/mol. The summed E-state index contributed by atoms with van der Waals surface area (Å²) in [7, 11) is 0. The molecule has 1 aromatic carbocycles. The normalized spacial score (nSPS) is 23.5. The molecule has 2 aliphatic heterocycles. The van der Waals surface area contributed by atoms with Crippen molar-refractivity contribution in [3.05, 3.63) is 28.8 Å². The Morgan fingerprint density at radius 1 is 1.44 bits per heavy atom. The zero-order valence-corrected chi connectivity index (χ0v) is 15.0. The second-order valence-corrected chi connectivity index (χ2v) is 7.27. The number of likely N-dealkylation sites (tertiary alicyclic amines) is 1. The van der Waals surface area contributed by atoms with Gasteiger partial charge in [-0.05, 0) is 43.4 Å². The maximum absolute atomic E-state index is 10.8. The Labute approximate surface area is 152 Å². The van der Waals surface area contributed by atoms with Gasteiger partial charge in [-0.1, -0.05) is 17.7 Å². The molecule has 1 aromatic rings. The molecule has 138 valence electrons. The number of nitrogens with two attached hydrogens (primary N) is 1. The summed E-state index contributed by atoms with van der Waals surface area (Å²) in [5.74, 6) is -0.0740. The molecule has 2 fully saturated rings. The minimum Gasteiger partial charge on any atom is -0.482 e. The highest BCUT2D eigenvalue weighted by Gasteiger charge is 2.43. The van der Waals surface area contributed by atoms with Gasteiger partial charge < -0.3 is 20.3 Å². The number of hydrogen-bond donors (Lipinski definition) is 2. The first-order valence-electron chi connectivity index (χ1n) is 8.72. The Hall–Kier alpha value is -1.34. The molecule has 0 aromatic heterocycles. The van der Waals surface area contributed by atoms with E-state index in [9.17, 15) is 9.90 Å². The SMILES string of the molecule is NC(=O)COc1ccc(CN2CCC3(CC2)OCCC[C@@H]3O)cc1Cl. The molecule has 0 bridgehead atoms. The Bertz CT molecular complexity index is 617. The number of hydrogen-bond acceptors (Lipinski definition) is 5. The van der Waals surface area contributed by atoms with E-state index in [1.54, 1.807) is 6.07 Å². The molecule has 0 aliphatic carbocycles. The number of rotatable bonds is 5. The average Bonchev–Trinajstić information content (AvgIpc) is 2.59. The van der Waals surface area contributed by atoms with Crippen LogP contribution in [-0.2, 0) is 16.1 Å². The van der Waals surface area contributed by atoms with Gasteiger partial charge in [-0.15, -0.1) is 0 Å². The first kappa shape index (κ1) is 18.5. The second-order valence-electron chi connectivity index (χ2n) is 6.87. The van der Waals surface area contributed by atoms with Crippen LogP contribution in [-0.4, -0.2) is 53.9 Å². The van der Waals surface area contributed by atoms with Crippen molar-refractivity contribution in [2.24, 2.45) is 5.73 Å². The number of piperidine rings is 1. The number of carbonyl (C=O) groups is 1. The summed E-state index contributed by atoms with van der Waals surface area (Å²) in [6.07, 6.45) is 3.13. The van der Waals surface area contributed by atoms with E-state index in [4.69, 9.17) is 26.8 Å². The maximum Gasteiger partial charge on any atom is 0.255 e. The van der Waals surface area contributed by atoms with Crippen LogP contribution < -0.4 is 10.5 Å². The van der Waals surface area contributed by atoms with Gasteiger partial charge in [-0.25, -0.2) is 0 Å². The lowest BCUT2D eigenvalue weighted by atomic mass is 9.82. The molecule has 2 aliphatic rings. The molecule has 3 N–H and O–H groups in total. The zero-order valence-electron chi connectivity index (χ0n) is 14.2. The molecule has 3 rings (SSSR count). The fraction of sp³-hybridized carbons (Fsp3) is 0.611. The summed E-state index contributed by atoms with van der Waals surface area (Å²) < 4.78 is 11.2. The third-order valence-electron chi connectivity index (χ3n) is 5.09. The second kappa shape index (κ2) is 7.91. The highest BCUT2D eigenvalue weighted by atomic mass is 35.5. The number of primary amides is 1. The number of aliphatic hydroxyl groups excluding tert-OH is 1. The summed E-state index contributed by atoms with van der Waals surface area (Å²) in [4.78, 5) is 13.1.